The first-order valence-corrected chi connectivity index (χ1v) is 9.12. The average molecular weight is 361 g/mol. The third-order valence-electron chi connectivity index (χ3n) is 4.16. The van der Waals surface area contributed by atoms with Gasteiger partial charge in [-0.2, -0.15) is 5.10 Å². The van der Waals surface area contributed by atoms with E-state index in [1.165, 1.54) is 21.8 Å². The number of carbonyl (C=O) groups is 2. The third-order valence-corrected chi connectivity index (χ3v) is 5.24. The Morgan fingerprint density at radius 1 is 1.32 bits per heavy atom. The van der Waals surface area contributed by atoms with Crippen LogP contribution in [-0.4, -0.2) is 52.0 Å². The van der Waals surface area contributed by atoms with Crippen LogP contribution in [0.1, 0.15) is 33.5 Å². The van der Waals surface area contributed by atoms with Gasteiger partial charge in [0.25, 0.3) is 0 Å². The zero-order valence-electron chi connectivity index (χ0n) is 14.8. The van der Waals surface area contributed by atoms with Crippen LogP contribution < -0.4 is 5.32 Å². The number of amides is 2. The minimum Gasteiger partial charge on any atom is -0.332 e. The summed E-state index contributed by atoms with van der Waals surface area (Å²) < 4.78 is 2.02. The van der Waals surface area contributed by atoms with Crippen molar-refractivity contribution in [2.24, 2.45) is 0 Å². The molecule has 0 unspecified atom stereocenters. The number of rotatable bonds is 5. The molecular formula is C17H23N5O2S. The number of ketones is 1. The zero-order chi connectivity index (χ0) is 18.0. The van der Waals surface area contributed by atoms with Crippen molar-refractivity contribution in [3.63, 3.8) is 0 Å². The molecule has 0 fully saturated rings. The van der Waals surface area contributed by atoms with Gasteiger partial charge in [-0.25, -0.2) is 4.79 Å². The van der Waals surface area contributed by atoms with Crippen LogP contribution in [0.2, 0.25) is 0 Å². The van der Waals surface area contributed by atoms with Gasteiger partial charge in [-0.05, 0) is 30.0 Å². The molecule has 0 spiro atoms. The Labute approximate surface area is 151 Å². The molecular weight excluding hydrogens is 338 g/mol. The lowest BCUT2D eigenvalue weighted by Gasteiger charge is -2.27. The predicted molar refractivity (Wildman–Crippen MR) is 96.6 cm³/mol. The number of carbonyl (C=O) groups excluding carboxylic acids is 2. The molecule has 2 aromatic rings. The molecule has 3 heterocycles. The van der Waals surface area contributed by atoms with E-state index < -0.39 is 0 Å². The molecule has 7 nitrogen and oxygen atoms in total. The number of thiophene rings is 1. The quantitative estimate of drug-likeness (QED) is 0.826. The van der Waals surface area contributed by atoms with Gasteiger partial charge in [-0.1, -0.05) is 0 Å². The van der Waals surface area contributed by atoms with Crippen molar-refractivity contribution in [1.29, 1.82) is 0 Å². The van der Waals surface area contributed by atoms with Gasteiger partial charge in [-0.15, -0.1) is 11.3 Å². The van der Waals surface area contributed by atoms with Crippen LogP contribution in [0.4, 0.5) is 4.79 Å². The summed E-state index contributed by atoms with van der Waals surface area (Å²) in [6.07, 6.45) is 0. The van der Waals surface area contributed by atoms with Gasteiger partial charge in [0, 0.05) is 33.7 Å². The van der Waals surface area contributed by atoms with E-state index in [0.717, 1.165) is 42.4 Å². The van der Waals surface area contributed by atoms with Crippen molar-refractivity contribution in [2.45, 2.75) is 33.1 Å². The number of fused-ring (bicyclic) bond motifs is 1. The first-order valence-electron chi connectivity index (χ1n) is 8.24. The Hall–Kier alpha value is -2.19. The Balaban J connectivity index is 1.59. The first kappa shape index (κ1) is 17.6. The standard InChI is InChI=1S/C17H23N5O2S/c1-12(23)16-6-13(11-25-16)9-21-4-5-22-15(10-21)7-14(19-22)8-18-17(24)20(2)3/h6-7,11H,4-5,8-10H2,1-3H3,(H,18,24). The molecule has 2 aromatic heterocycles. The first-order chi connectivity index (χ1) is 11.9. The van der Waals surface area contributed by atoms with Crippen LogP contribution in [0.3, 0.4) is 0 Å². The summed E-state index contributed by atoms with van der Waals surface area (Å²) in [4.78, 5) is 27.7. The fourth-order valence-electron chi connectivity index (χ4n) is 2.83. The molecule has 1 aliphatic rings. The number of Topliss-reactive ketones (excluding diaryl/α,β-unsaturated/α-hetero) is 1. The Morgan fingerprint density at radius 3 is 2.80 bits per heavy atom. The lowest BCUT2D eigenvalue weighted by molar-refractivity contribution is 0.102. The van der Waals surface area contributed by atoms with E-state index in [-0.39, 0.29) is 11.8 Å². The average Bonchev–Trinajstić information content (AvgIpc) is 3.18. The molecule has 1 N–H and O–H groups in total. The van der Waals surface area contributed by atoms with Gasteiger partial charge in [0.1, 0.15) is 0 Å². The van der Waals surface area contributed by atoms with Gasteiger partial charge in [0.2, 0.25) is 0 Å². The molecule has 25 heavy (non-hydrogen) atoms. The molecule has 8 heteroatoms. The Kier molecular flexibility index (Phi) is 5.19. The van der Waals surface area contributed by atoms with E-state index in [0.29, 0.717) is 6.54 Å². The summed E-state index contributed by atoms with van der Waals surface area (Å²) in [6.45, 7) is 5.45. The van der Waals surface area contributed by atoms with Crippen molar-refractivity contribution >= 4 is 23.2 Å². The van der Waals surface area contributed by atoms with E-state index >= 15 is 0 Å². The number of urea groups is 1. The molecule has 0 bridgehead atoms. The fraction of sp³-hybridized carbons (Fsp3) is 0.471. The van der Waals surface area contributed by atoms with Gasteiger partial charge >= 0.3 is 6.03 Å². The summed E-state index contributed by atoms with van der Waals surface area (Å²) in [5.41, 5.74) is 3.21. The van der Waals surface area contributed by atoms with E-state index in [1.54, 1.807) is 21.0 Å². The Bertz CT molecular complexity index is 780. The van der Waals surface area contributed by atoms with Gasteiger partial charge < -0.3 is 10.2 Å². The molecule has 2 amide bonds. The summed E-state index contributed by atoms with van der Waals surface area (Å²) in [5.74, 6) is 0.123. The van der Waals surface area contributed by atoms with Crippen LogP contribution >= 0.6 is 11.3 Å². The molecule has 0 atom stereocenters. The maximum absolute atomic E-state index is 11.6. The van der Waals surface area contributed by atoms with Gasteiger partial charge in [0.15, 0.2) is 5.78 Å². The smallest absolute Gasteiger partial charge is 0.317 e. The predicted octanol–water partition coefficient (Wildman–Crippen LogP) is 1.93. The monoisotopic (exact) mass is 361 g/mol. The van der Waals surface area contributed by atoms with E-state index in [2.05, 4.69) is 26.8 Å². The number of hydrogen-bond donors (Lipinski definition) is 1. The normalized spacial score (nSPS) is 14.2. The number of nitrogens with one attached hydrogen (secondary N) is 1. The Morgan fingerprint density at radius 2 is 2.12 bits per heavy atom. The van der Waals surface area contributed by atoms with E-state index in [4.69, 9.17) is 0 Å². The molecule has 0 saturated heterocycles. The van der Waals surface area contributed by atoms with Crippen LogP contribution in [0.15, 0.2) is 17.5 Å². The van der Waals surface area contributed by atoms with Crippen molar-refractivity contribution in [2.75, 3.05) is 20.6 Å². The largest absolute Gasteiger partial charge is 0.332 e. The molecule has 0 aromatic carbocycles. The second kappa shape index (κ2) is 7.37. The molecule has 134 valence electrons. The highest BCUT2D eigenvalue weighted by Crippen LogP contribution is 2.20. The third kappa shape index (κ3) is 4.26. The second-order valence-corrected chi connectivity index (χ2v) is 7.40. The van der Waals surface area contributed by atoms with Crippen molar-refractivity contribution in [3.8, 4) is 0 Å². The topological polar surface area (TPSA) is 70.5 Å². The minimum absolute atomic E-state index is 0.119. The molecule has 1 aliphatic heterocycles. The van der Waals surface area contributed by atoms with Crippen LogP contribution in [0, 0.1) is 0 Å². The highest BCUT2D eigenvalue weighted by atomic mass is 32.1. The fourth-order valence-corrected chi connectivity index (χ4v) is 3.63. The summed E-state index contributed by atoms with van der Waals surface area (Å²) in [6, 6.07) is 3.92. The summed E-state index contributed by atoms with van der Waals surface area (Å²) in [5, 5.41) is 9.46. The zero-order valence-corrected chi connectivity index (χ0v) is 15.6. The highest BCUT2D eigenvalue weighted by molar-refractivity contribution is 7.12. The SMILES string of the molecule is CC(=O)c1cc(CN2CCn3nc(CNC(=O)N(C)C)cc3C2)cs1. The van der Waals surface area contributed by atoms with Crippen molar-refractivity contribution < 1.29 is 9.59 Å². The molecule has 0 saturated carbocycles. The van der Waals surface area contributed by atoms with Crippen LogP contribution in [0.25, 0.3) is 0 Å². The highest BCUT2D eigenvalue weighted by Gasteiger charge is 2.19. The van der Waals surface area contributed by atoms with Crippen LogP contribution in [-0.2, 0) is 26.2 Å². The lowest BCUT2D eigenvalue weighted by atomic mass is 10.2. The number of hydrogen-bond acceptors (Lipinski definition) is 5. The summed E-state index contributed by atoms with van der Waals surface area (Å²) >= 11 is 1.51. The van der Waals surface area contributed by atoms with Crippen molar-refractivity contribution in [1.82, 2.24) is 24.9 Å². The maximum atomic E-state index is 11.6. The van der Waals surface area contributed by atoms with E-state index in [1.807, 2.05) is 10.7 Å². The van der Waals surface area contributed by atoms with Crippen molar-refractivity contribution in [3.05, 3.63) is 39.3 Å². The van der Waals surface area contributed by atoms with Gasteiger partial charge in [0.05, 0.1) is 29.4 Å². The lowest BCUT2D eigenvalue weighted by Crippen LogP contribution is -2.34. The molecule has 3 rings (SSSR count). The summed E-state index contributed by atoms with van der Waals surface area (Å²) in [7, 11) is 3.43. The number of nitrogens with zero attached hydrogens (tertiary/aromatic N) is 4. The molecule has 0 radical (unpaired) electrons. The van der Waals surface area contributed by atoms with Crippen LogP contribution in [0.5, 0.6) is 0 Å². The molecule has 0 aliphatic carbocycles. The second-order valence-electron chi connectivity index (χ2n) is 6.49. The van der Waals surface area contributed by atoms with Gasteiger partial charge in [-0.3, -0.25) is 14.4 Å². The van der Waals surface area contributed by atoms with E-state index in [9.17, 15) is 9.59 Å². The minimum atomic E-state index is -0.119. The number of aromatic nitrogens is 2. The maximum Gasteiger partial charge on any atom is 0.317 e.